The van der Waals surface area contributed by atoms with Gasteiger partial charge in [0.2, 0.25) is 0 Å². The van der Waals surface area contributed by atoms with Crippen LogP contribution in [0.1, 0.15) is 36.6 Å². The number of aliphatic hydroxyl groups excluding tert-OH is 1. The second kappa shape index (κ2) is 11.6. The quantitative estimate of drug-likeness (QED) is 0.179. The van der Waals surface area contributed by atoms with Gasteiger partial charge in [-0.15, -0.1) is 0 Å². The van der Waals surface area contributed by atoms with Gasteiger partial charge in [0.1, 0.15) is 16.5 Å². The van der Waals surface area contributed by atoms with Crippen molar-refractivity contribution in [1.29, 1.82) is 0 Å². The molecule has 9 heteroatoms. The Morgan fingerprint density at radius 1 is 1.00 bits per heavy atom. The van der Waals surface area contributed by atoms with Crippen molar-refractivity contribution >= 4 is 46.3 Å². The molecule has 1 aliphatic heterocycles. The summed E-state index contributed by atoms with van der Waals surface area (Å²) in [6.45, 7) is 6.55. The Balaban J connectivity index is 1.92. The van der Waals surface area contributed by atoms with Gasteiger partial charge < -0.3 is 19.3 Å². The molecule has 3 aromatic carbocycles. The predicted octanol–water partition coefficient (Wildman–Crippen LogP) is 6.98. The first-order valence-electron chi connectivity index (χ1n) is 12.3. The molecule has 0 bridgehead atoms. The largest absolute Gasteiger partial charge is 0.507 e. The molecule has 1 saturated heterocycles. The van der Waals surface area contributed by atoms with E-state index in [9.17, 15) is 14.7 Å². The van der Waals surface area contributed by atoms with Gasteiger partial charge in [0, 0.05) is 5.69 Å². The van der Waals surface area contributed by atoms with Crippen molar-refractivity contribution in [3.63, 3.8) is 0 Å². The van der Waals surface area contributed by atoms with Crippen molar-refractivity contribution in [2.24, 2.45) is 5.92 Å². The van der Waals surface area contributed by atoms with Crippen molar-refractivity contribution in [1.82, 2.24) is 0 Å². The molecule has 204 valence electrons. The third-order valence-electron chi connectivity index (χ3n) is 6.30. The van der Waals surface area contributed by atoms with Crippen LogP contribution in [-0.4, -0.2) is 37.6 Å². The van der Waals surface area contributed by atoms with Gasteiger partial charge in [0.25, 0.3) is 11.7 Å². The molecule has 1 amide bonds. The van der Waals surface area contributed by atoms with Crippen molar-refractivity contribution in [3.05, 3.63) is 86.9 Å². The van der Waals surface area contributed by atoms with Crippen LogP contribution in [0.25, 0.3) is 5.76 Å². The molecule has 3 aromatic rings. The van der Waals surface area contributed by atoms with Crippen LogP contribution >= 0.6 is 23.2 Å². The normalized spacial score (nSPS) is 16.6. The fourth-order valence-electron chi connectivity index (χ4n) is 4.51. The van der Waals surface area contributed by atoms with Crippen molar-refractivity contribution in [2.45, 2.75) is 26.8 Å². The molecule has 39 heavy (non-hydrogen) atoms. The Hall–Kier alpha value is -3.68. The summed E-state index contributed by atoms with van der Waals surface area (Å²) in [5, 5.41) is 11.7. The lowest BCUT2D eigenvalue weighted by Gasteiger charge is -2.26. The fraction of sp³-hybridized carbons (Fsp3) is 0.267. The minimum absolute atomic E-state index is 0.0207. The number of nitrogens with zero attached hydrogens (tertiary/aromatic N) is 1. The maximum Gasteiger partial charge on any atom is 0.300 e. The zero-order valence-electron chi connectivity index (χ0n) is 22.2. The number of hydrogen-bond acceptors (Lipinski definition) is 6. The molecular weight excluding hydrogens is 541 g/mol. The zero-order valence-corrected chi connectivity index (χ0v) is 23.8. The van der Waals surface area contributed by atoms with E-state index in [1.54, 1.807) is 30.3 Å². The molecule has 4 rings (SSSR count). The van der Waals surface area contributed by atoms with Crippen molar-refractivity contribution in [2.75, 3.05) is 25.7 Å². The second-order valence-corrected chi connectivity index (χ2v) is 10.4. The first-order valence-corrected chi connectivity index (χ1v) is 13.0. The Kier molecular flexibility index (Phi) is 8.42. The first kappa shape index (κ1) is 28.3. The van der Waals surface area contributed by atoms with E-state index in [1.807, 2.05) is 39.0 Å². The van der Waals surface area contributed by atoms with Crippen molar-refractivity contribution in [3.8, 4) is 17.2 Å². The van der Waals surface area contributed by atoms with E-state index in [4.69, 9.17) is 37.4 Å². The molecule has 0 radical (unpaired) electrons. The molecule has 7 nitrogen and oxygen atoms in total. The van der Waals surface area contributed by atoms with Crippen LogP contribution in [0.2, 0.25) is 10.0 Å². The van der Waals surface area contributed by atoms with Gasteiger partial charge in [-0.05, 0) is 48.7 Å². The predicted molar refractivity (Wildman–Crippen MR) is 152 cm³/mol. The summed E-state index contributed by atoms with van der Waals surface area (Å²) in [7, 11) is 2.76. The third-order valence-corrected chi connectivity index (χ3v) is 6.92. The maximum absolute atomic E-state index is 13.5. The molecule has 1 atom stereocenters. The number of ether oxygens (including phenoxy) is 3. The van der Waals surface area contributed by atoms with Gasteiger partial charge in [-0.2, -0.15) is 0 Å². The molecule has 1 heterocycles. The molecule has 1 N–H and O–H groups in total. The number of aryl methyl sites for hydroxylation is 1. The fourth-order valence-corrected chi connectivity index (χ4v) is 5.20. The van der Waals surface area contributed by atoms with E-state index in [1.165, 1.54) is 25.2 Å². The smallest absolute Gasteiger partial charge is 0.300 e. The number of aliphatic hydroxyl groups is 1. The highest BCUT2D eigenvalue weighted by molar-refractivity contribution is 6.52. The van der Waals surface area contributed by atoms with Gasteiger partial charge >= 0.3 is 0 Å². The molecule has 0 aliphatic carbocycles. The summed E-state index contributed by atoms with van der Waals surface area (Å²) in [5.74, 6) is -0.919. The van der Waals surface area contributed by atoms with Gasteiger partial charge in [-0.3, -0.25) is 14.5 Å². The lowest BCUT2D eigenvalue weighted by molar-refractivity contribution is -0.132. The minimum atomic E-state index is -0.934. The molecule has 0 spiro atoms. The topological polar surface area (TPSA) is 85.3 Å². The molecule has 0 saturated carbocycles. The minimum Gasteiger partial charge on any atom is -0.507 e. The highest BCUT2D eigenvalue weighted by atomic mass is 35.5. The van der Waals surface area contributed by atoms with Gasteiger partial charge in [-0.1, -0.05) is 66.9 Å². The standard InChI is InChI=1S/C30H29Cl2NO6/c1-16(2)15-39-20-11-9-19(10-12-20)33-25(18-8-6-7-17(3)13-18)23(27(35)30(33)36)26(34)21-14-22(31)29(38-5)24(32)28(21)37-4/h6-14,16,25,34H,15H2,1-5H3/b26-23+. The number of hydrogen-bond donors (Lipinski definition) is 1. The van der Waals surface area contributed by atoms with Gasteiger partial charge in [0.15, 0.2) is 11.5 Å². The second-order valence-electron chi connectivity index (χ2n) is 9.57. The molecule has 1 unspecified atom stereocenters. The Morgan fingerprint density at radius 2 is 1.67 bits per heavy atom. The first-order chi connectivity index (χ1) is 18.6. The highest BCUT2D eigenvalue weighted by Crippen LogP contribution is 2.48. The number of carbonyl (C=O) groups is 2. The lowest BCUT2D eigenvalue weighted by Crippen LogP contribution is -2.29. The van der Waals surface area contributed by atoms with E-state index in [2.05, 4.69) is 0 Å². The van der Waals surface area contributed by atoms with Gasteiger partial charge in [0.05, 0.1) is 43.0 Å². The highest BCUT2D eigenvalue weighted by Gasteiger charge is 2.47. The van der Waals surface area contributed by atoms with Crippen LogP contribution in [-0.2, 0) is 9.59 Å². The summed E-state index contributed by atoms with van der Waals surface area (Å²) in [5.41, 5.74) is 1.96. The average molecular weight is 570 g/mol. The molecule has 0 aromatic heterocycles. The summed E-state index contributed by atoms with van der Waals surface area (Å²) in [4.78, 5) is 28.4. The van der Waals surface area contributed by atoms with E-state index in [-0.39, 0.29) is 32.7 Å². The van der Waals surface area contributed by atoms with Crippen LogP contribution < -0.4 is 19.1 Å². The lowest BCUT2D eigenvalue weighted by atomic mass is 9.94. The third kappa shape index (κ3) is 5.42. The SMILES string of the molecule is COc1c(Cl)cc(/C(O)=C2\C(=O)C(=O)N(c3ccc(OCC(C)C)cc3)C2c2cccc(C)c2)c(OC)c1Cl. The van der Waals surface area contributed by atoms with Crippen LogP contribution in [0.15, 0.2) is 60.2 Å². The molecular formula is C30H29Cl2NO6. The van der Waals surface area contributed by atoms with E-state index < -0.39 is 23.5 Å². The van der Waals surface area contributed by atoms with Crippen LogP contribution in [0, 0.1) is 12.8 Å². The molecule has 1 fully saturated rings. The average Bonchev–Trinajstić information content (AvgIpc) is 3.17. The Morgan fingerprint density at radius 3 is 2.26 bits per heavy atom. The maximum atomic E-state index is 13.5. The van der Waals surface area contributed by atoms with Crippen LogP contribution in [0.3, 0.4) is 0 Å². The number of amides is 1. The number of methoxy groups -OCH3 is 2. The number of Topliss-reactive ketones (excluding diaryl/α,β-unsaturated/α-hetero) is 1. The summed E-state index contributed by atoms with van der Waals surface area (Å²) in [6.07, 6.45) is 0. The number of carbonyl (C=O) groups excluding carboxylic acids is 2. The summed E-state index contributed by atoms with van der Waals surface area (Å²) in [6, 6.07) is 14.8. The summed E-state index contributed by atoms with van der Waals surface area (Å²) < 4.78 is 16.5. The van der Waals surface area contributed by atoms with E-state index >= 15 is 0 Å². The van der Waals surface area contributed by atoms with E-state index in [0.29, 0.717) is 29.5 Å². The number of benzene rings is 3. The number of rotatable bonds is 8. The number of ketones is 1. The summed E-state index contributed by atoms with van der Waals surface area (Å²) >= 11 is 12.8. The Bertz CT molecular complexity index is 1450. The number of halogens is 2. The van der Waals surface area contributed by atoms with Gasteiger partial charge in [-0.25, -0.2) is 0 Å². The van der Waals surface area contributed by atoms with Crippen LogP contribution in [0.5, 0.6) is 17.2 Å². The molecule has 1 aliphatic rings. The zero-order chi connectivity index (χ0) is 28.4. The Labute approximate surface area is 237 Å². The monoisotopic (exact) mass is 569 g/mol. The van der Waals surface area contributed by atoms with E-state index in [0.717, 1.165) is 5.56 Å². The number of anilines is 1. The van der Waals surface area contributed by atoms with Crippen molar-refractivity contribution < 1.29 is 28.9 Å². The van der Waals surface area contributed by atoms with Crippen LogP contribution in [0.4, 0.5) is 5.69 Å².